The highest BCUT2D eigenvalue weighted by molar-refractivity contribution is 8.00. The van der Waals surface area contributed by atoms with E-state index in [1.165, 1.54) is 12.1 Å². The van der Waals surface area contributed by atoms with Crippen molar-refractivity contribution in [2.24, 2.45) is 0 Å². The molecule has 0 radical (unpaired) electrons. The summed E-state index contributed by atoms with van der Waals surface area (Å²) >= 11 is 1.77. The lowest BCUT2D eigenvalue weighted by Gasteiger charge is -2.16. The summed E-state index contributed by atoms with van der Waals surface area (Å²) in [6.07, 6.45) is 1.59. The van der Waals surface area contributed by atoms with Crippen molar-refractivity contribution in [3.8, 4) is 11.8 Å². The standard InChI is InChI=1S/C14H18N4O5S/c15-7(13(21)23-18-10(19)4-5-11(18)20)2-1-3-9-12-8(6-24-9)16-14(22)17-12/h4-5,8-9,12,15,19-20H,1-3,6H2,(H2,16,17,22)/t8-,9-,12-/m0/s1. The number of hydrogen-bond donors (Lipinski definition) is 5. The van der Waals surface area contributed by atoms with E-state index in [-0.39, 0.29) is 35.5 Å². The Bertz CT molecular complexity index is 657. The average molecular weight is 354 g/mol. The van der Waals surface area contributed by atoms with E-state index in [1.54, 1.807) is 11.8 Å². The first-order valence-electron chi connectivity index (χ1n) is 7.54. The first kappa shape index (κ1) is 16.5. The second-order valence-corrected chi connectivity index (χ2v) is 6.99. The molecule has 5 N–H and O–H groups in total. The first-order valence-corrected chi connectivity index (χ1v) is 8.59. The Hall–Kier alpha value is -2.36. The summed E-state index contributed by atoms with van der Waals surface area (Å²) < 4.78 is 0.564. The fraction of sp³-hybridized carbons (Fsp3) is 0.500. The van der Waals surface area contributed by atoms with Gasteiger partial charge in [-0.15, -0.1) is 4.73 Å². The molecule has 9 nitrogen and oxygen atoms in total. The first-order chi connectivity index (χ1) is 11.5. The molecule has 130 valence electrons. The monoisotopic (exact) mass is 354 g/mol. The maximum absolute atomic E-state index is 11.8. The molecule has 2 aliphatic rings. The van der Waals surface area contributed by atoms with Crippen LogP contribution in [-0.4, -0.2) is 55.7 Å². The highest BCUT2D eigenvalue weighted by Gasteiger charge is 2.42. The molecule has 0 bridgehead atoms. The Morgan fingerprint density at radius 1 is 1.38 bits per heavy atom. The molecule has 3 heterocycles. The van der Waals surface area contributed by atoms with Crippen LogP contribution in [-0.2, 0) is 4.79 Å². The van der Waals surface area contributed by atoms with E-state index in [4.69, 9.17) is 10.2 Å². The van der Waals surface area contributed by atoms with Gasteiger partial charge in [0.05, 0.1) is 12.1 Å². The van der Waals surface area contributed by atoms with Crippen molar-refractivity contribution in [2.45, 2.75) is 36.6 Å². The number of aromatic hydroxyl groups is 2. The van der Waals surface area contributed by atoms with Gasteiger partial charge in [-0.2, -0.15) is 11.8 Å². The minimum Gasteiger partial charge on any atom is -0.492 e. The van der Waals surface area contributed by atoms with Crippen LogP contribution < -0.4 is 15.5 Å². The molecule has 1 aromatic heterocycles. The molecule has 0 unspecified atom stereocenters. The van der Waals surface area contributed by atoms with Crippen molar-refractivity contribution in [3.05, 3.63) is 12.1 Å². The molecule has 24 heavy (non-hydrogen) atoms. The zero-order valence-electron chi connectivity index (χ0n) is 12.7. The zero-order chi connectivity index (χ0) is 17.3. The van der Waals surface area contributed by atoms with Crippen LogP contribution in [0.2, 0.25) is 0 Å². The minimum atomic E-state index is -0.926. The summed E-state index contributed by atoms with van der Waals surface area (Å²) in [5.41, 5.74) is -0.240. The molecule has 0 saturated carbocycles. The van der Waals surface area contributed by atoms with Crippen LogP contribution in [0.15, 0.2) is 12.1 Å². The number of aromatic nitrogens is 1. The molecular weight excluding hydrogens is 336 g/mol. The normalized spacial score (nSPS) is 25.0. The quantitative estimate of drug-likeness (QED) is 0.366. The molecule has 2 aliphatic heterocycles. The van der Waals surface area contributed by atoms with Gasteiger partial charge in [-0.3, -0.25) is 5.41 Å². The third kappa shape index (κ3) is 3.28. The van der Waals surface area contributed by atoms with Gasteiger partial charge in [-0.25, -0.2) is 9.59 Å². The molecule has 0 spiro atoms. The van der Waals surface area contributed by atoms with Crippen molar-refractivity contribution in [1.82, 2.24) is 15.4 Å². The van der Waals surface area contributed by atoms with Gasteiger partial charge in [0, 0.05) is 23.1 Å². The number of nitrogens with zero attached hydrogens (tertiary/aromatic N) is 1. The van der Waals surface area contributed by atoms with Crippen molar-refractivity contribution >= 4 is 29.5 Å². The Balaban J connectivity index is 1.44. The van der Waals surface area contributed by atoms with Crippen LogP contribution >= 0.6 is 11.8 Å². The number of urea groups is 1. The predicted octanol–water partition coefficient (Wildman–Crippen LogP) is 0.210. The summed E-state index contributed by atoms with van der Waals surface area (Å²) in [7, 11) is 0. The second kappa shape index (κ2) is 6.63. The Morgan fingerprint density at radius 2 is 2.08 bits per heavy atom. The lowest BCUT2D eigenvalue weighted by atomic mass is 10.0. The van der Waals surface area contributed by atoms with Crippen LogP contribution in [0.3, 0.4) is 0 Å². The summed E-state index contributed by atoms with van der Waals surface area (Å²) in [4.78, 5) is 27.9. The zero-order valence-corrected chi connectivity index (χ0v) is 13.5. The molecule has 3 atom stereocenters. The number of rotatable bonds is 6. The molecular formula is C14H18N4O5S. The minimum absolute atomic E-state index is 0.0948. The Labute approximate surface area is 141 Å². The van der Waals surface area contributed by atoms with Crippen molar-refractivity contribution in [1.29, 1.82) is 5.41 Å². The Kier molecular flexibility index (Phi) is 4.56. The van der Waals surface area contributed by atoms with Gasteiger partial charge < -0.3 is 25.7 Å². The van der Waals surface area contributed by atoms with Crippen LogP contribution in [0, 0.1) is 5.41 Å². The van der Waals surface area contributed by atoms with Crippen LogP contribution in [0.25, 0.3) is 0 Å². The van der Waals surface area contributed by atoms with Crippen molar-refractivity contribution < 1.29 is 24.6 Å². The summed E-state index contributed by atoms with van der Waals surface area (Å²) in [5.74, 6) is -0.914. The number of thioether (sulfide) groups is 1. The van der Waals surface area contributed by atoms with Gasteiger partial charge in [0.15, 0.2) is 0 Å². The van der Waals surface area contributed by atoms with E-state index in [2.05, 4.69) is 10.6 Å². The second-order valence-electron chi connectivity index (χ2n) is 5.72. The largest absolute Gasteiger partial charge is 0.492 e. The molecule has 0 aliphatic carbocycles. The van der Waals surface area contributed by atoms with Gasteiger partial charge in [0.1, 0.15) is 5.71 Å². The molecule has 0 aromatic carbocycles. The summed E-state index contributed by atoms with van der Waals surface area (Å²) in [5, 5.41) is 32.6. The number of amides is 2. The molecule has 1 aromatic rings. The van der Waals surface area contributed by atoms with Gasteiger partial charge in [-0.1, -0.05) is 0 Å². The third-order valence-corrected chi connectivity index (χ3v) is 5.58. The molecule has 3 rings (SSSR count). The van der Waals surface area contributed by atoms with Crippen LogP contribution in [0.4, 0.5) is 4.79 Å². The third-order valence-electron chi connectivity index (χ3n) is 4.07. The van der Waals surface area contributed by atoms with Crippen LogP contribution in [0.5, 0.6) is 11.8 Å². The van der Waals surface area contributed by atoms with Gasteiger partial charge in [0.2, 0.25) is 11.8 Å². The maximum Gasteiger partial charge on any atom is 0.377 e. The SMILES string of the molecule is N=C(CCC[C@@H]1SC[C@@H]2NC(=O)N[C@@H]21)C(=O)On1c(O)ccc1O. The van der Waals surface area contributed by atoms with Gasteiger partial charge >= 0.3 is 12.0 Å². The fourth-order valence-corrected chi connectivity index (χ4v) is 4.40. The van der Waals surface area contributed by atoms with E-state index in [0.717, 1.165) is 12.2 Å². The lowest BCUT2D eigenvalue weighted by Crippen LogP contribution is -2.36. The topological polar surface area (TPSA) is 137 Å². The Morgan fingerprint density at radius 3 is 2.79 bits per heavy atom. The van der Waals surface area contributed by atoms with E-state index in [1.807, 2.05) is 0 Å². The lowest BCUT2D eigenvalue weighted by molar-refractivity contribution is -0.137. The number of carbonyl (C=O) groups excluding carboxylic acids is 2. The smallest absolute Gasteiger partial charge is 0.377 e. The average Bonchev–Trinajstić information content (AvgIpc) is 3.18. The highest BCUT2D eigenvalue weighted by atomic mass is 32.2. The fourth-order valence-electron chi connectivity index (χ4n) is 2.86. The molecule has 10 heteroatoms. The van der Waals surface area contributed by atoms with Gasteiger partial charge in [-0.05, 0) is 19.3 Å². The summed E-state index contributed by atoms with van der Waals surface area (Å²) in [6.45, 7) is 0. The number of fused-ring (bicyclic) bond motifs is 1. The number of nitrogens with one attached hydrogen (secondary N) is 3. The van der Waals surface area contributed by atoms with Crippen LogP contribution in [0.1, 0.15) is 19.3 Å². The van der Waals surface area contributed by atoms with E-state index in [0.29, 0.717) is 11.2 Å². The van der Waals surface area contributed by atoms with E-state index >= 15 is 0 Å². The maximum atomic E-state index is 11.8. The molecule has 2 saturated heterocycles. The molecule has 2 amide bonds. The van der Waals surface area contributed by atoms with Crippen molar-refractivity contribution in [3.63, 3.8) is 0 Å². The summed E-state index contributed by atoms with van der Waals surface area (Å²) in [6, 6.07) is 2.44. The predicted molar refractivity (Wildman–Crippen MR) is 86.4 cm³/mol. The number of hydrogen-bond acceptors (Lipinski definition) is 7. The molecule has 2 fully saturated rings. The van der Waals surface area contributed by atoms with E-state index in [9.17, 15) is 19.8 Å². The van der Waals surface area contributed by atoms with Gasteiger partial charge in [0.25, 0.3) is 0 Å². The van der Waals surface area contributed by atoms with E-state index < -0.39 is 17.7 Å². The van der Waals surface area contributed by atoms with Crippen molar-refractivity contribution in [2.75, 3.05) is 5.75 Å². The number of carbonyl (C=O) groups is 2. The highest BCUT2D eigenvalue weighted by Crippen LogP contribution is 2.33.